The lowest BCUT2D eigenvalue weighted by Gasteiger charge is -2.34. The van der Waals surface area contributed by atoms with Crippen molar-refractivity contribution in [1.82, 2.24) is 5.32 Å². The molecule has 21 heavy (non-hydrogen) atoms. The van der Waals surface area contributed by atoms with Crippen molar-refractivity contribution in [3.63, 3.8) is 0 Å². The van der Waals surface area contributed by atoms with Crippen molar-refractivity contribution in [3.05, 3.63) is 29.8 Å². The van der Waals surface area contributed by atoms with E-state index in [-0.39, 0.29) is 0 Å². The summed E-state index contributed by atoms with van der Waals surface area (Å²) in [6.07, 6.45) is 7.83. The number of rotatable bonds is 7. The molecule has 2 heteroatoms. The molecular weight excluding hydrogens is 258 g/mol. The van der Waals surface area contributed by atoms with Gasteiger partial charge in [0, 0.05) is 6.04 Å². The first-order valence-corrected chi connectivity index (χ1v) is 8.59. The Kier molecular flexibility index (Phi) is 6.56. The van der Waals surface area contributed by atoms with Crippen LogP contribution in [0.15, 0.2) is 24.3 Å². The van der Waals surface area contributed by atoms with E-state index in [1.807, 2.05) is 0 Å². The van der Waals surface area contributed by atoms with E-state index in [0.29, 0.717) is 6.04 Å². The molecule has 2 rings (SSSR count). The second-order valence-electron chi connectivity index (χ2n) is 6.61. The first-order chi connectivity index (χ1) is 10.2. The zero-order valence-electron chi connectivity index (χ0n) is 13.9. The first kappa shape index (κ1) is 16.4. The first-order valence-electron chi connectivity index (χ1n) is 8.59. The Morgan fingerprint density at radius 2 is 2.10 bits per heavy atom. The van der Waals surface area contributed by atoms with Gasteiger partial charge in [-0.2, -0.15) is 0 Å². The number of hydrogen-bond acceptors (Lipinski definition) is 2. The maximum Gasteiger partial charge on any atom is 0.122 e. The molecule has 0 spiro atoms. The van der Waals surface area contributed by atoms with Crippen LogP contribution >= 0.6 is 0 Å². The summed E-state index contributed by atoms with van der Waals surface area (Å²) >= 11 is 0. The van der Waals surface area contributed by atoms with Crippen molar-refractivity contribution in [2.45, 2.75) is 58.4 Å². The van der Waals surface area contributed by atoms with E-state index < -0.39 is 0 Å². The highest BCUT2D eigenvalue weighted by Crippen LogP contribution is 2.33. The van der Waals surface area contributed by atoms with Crippen LogP contribution in [0.5, 0.6) is 5.75 Å². The SMILES string of the molecule is CCCNC(Cc1ccccc1OC)C1CCCC(C)C1. The Hall–Kier alpha value is -1.02. The smallest absolute Gasteiger partial charge is 0.122 e. The maximum absolute atomic E-state index is 5.53. The number of para-hydroxylation sites is 1. The van der Waals surface area contributed by atoms with Gasteiger partial charge < -0.3 is 10.1 Å². The van der Waals surface area contributed by atoms with Crippen LogP contribution < -0.4 is 10.1 Å². The Balaban J connectivity index is 2.08. The van der Waals surface area contributed by atoms with Gasteiger partial charge in [0.15, 0.2) is 0 Å². The monoisotopic (exact) mass is 289 g/mol. The third-order valence-corrected chi connectivity index (χ3v) is 4.83. The Labute approximate surface area is 130 Å². The molecule has 1 N–H and O–H groups in total. The van der Waals surface area contributed by atoms with Gasteiger partial charge in [-0.25, -0.2) is 0 Å². The maximum atomic E-state index is 5.53. The predicted octanol–water partition coefficient (Wildman–Crippen LogP) is 4.43. The molecule has 0 saturated heterocycles. The highest BCUT2D eigenvalue weighted by Gasteiger charge is 2.27. The summed E-state index contributed by atoms with van der Waals surface area (Å²) < 4.78 is 5.53. The van der Waals surface area contributed by atoms with E-state index in [1.165, 1.54) is 37.7 Å². The van der Waals surface area contributed by atoms with Gasteiger partial charge in [0.05, 0.1) is 7.11 Å². The van der Waals surface area contributed by atoms with E-state index in [1.54, 1.807) is 7.11 Å². The summed E-state index contributed by atoms with van der Waals surface area (Å²) in [4.78, 5) is 0. The standard InChI is InChI=1S/C19H31NO/c1-4-12-20-18(16-10-7-8-15(2)13-16)14-17-9-5-6-11-19(17)21-3/h5-6,9,11,15-16,18,20H,4,7-8,10,12-14H2,1-3H3. The Bertz CT molecular complexity index is 418. The molecule has 118 valence electrons. The lowest BCUT2D eigenvalue weighted by atomic mass is 9.77. The third-order valence-electron chi connectivity index (χ3n) is 4.83. The number of methoxy groups -OCH3 is 1. The number of hydrogen-bond donors (Lipinski definition) is 1. The summed E-state index contributed by atoms with van der Waals surface area (Å²) in [6, 6.07) is 9.06. The van der Waals surface area contributed by atoms with Crippen LogP contribution in [0.1, 0.15) is 51.5 Å². The van der Waals surface area contributed by atoms with E-state index >= 15 is 0 Å². The van der Waals surface area contributed by atoms with Crippen LogP contribution in [-0.4, -0.2) is 19.7 Å². The lowest BCUT2D eigenvalue weighted by molar-refractivity contribution is 0.220. The number of benzene rings is 1. The topological polar surface area (TPSA) is 21.3 Å². The molecule has 0 bridgehead atoms. The third kappa shape index (κ3) is 4.74. The van der Waals surface area contributed by atoms with Crippen LogP contribution in [-0.2, 0) is 6.42 Å². The normalized spacial score (nSPS) is 23.8. The van der Waals surface area contributed by atoms with Gasteiger partial charge in [0.2, 0.25) is 0 Å². The van der Waals surface area contributed by atoms with Crippen molar-refractivity contribution in [2.24, 2.45) is 11.8 Å². The van der Waals surface area contributed by atoms with Crippen LogP contribution in [0.2, 0.25) is 0 Å². The van der Waals surface area contributed by atoms with Gasteiger partial charge in [0.25, 0.3) is 0 Å². The second kappa shape index (κ2) is 8.43. The second-order valence-corrected chi connectivity index (χ2v) is 6.61. The van der Waals surface area contributed by atoms with E-state index in [4.69, 9.17) is 4.74 Å². The molecule has 1 aliphatic rings. The summed E-state index contributed by atoms with van der Waals surface area (Å²) in [5, 5.41) is 3.80. The summed E-state index contributed by atoms with van der Waals surface area (Å²) in [5.74, 6) is 2.72. The number of ether oxygens (including phenoxy) is 1. The van der Waals surface area contributed by atoms with Crippen molar-refractivity contribution in [2.75, 3.05) is 13.7 Å². The average Bonchev–Trinajstić information content (AvgIpc) is 2.51. The molecule has 0 aromatic heterocycles. The molecular formula is C19H31NO. The Morgan fingerprint density at radius 1 is 1.29 bits per heavy atom. The molecule has 3 unspecified atom stereocenters. The average molecular weight is 289 g/mol. The molecule has 1 aromatic carbocycles. The number of nitrogens with one attached hydrogen (secondary N) is 1. The van der Waals surface area contributed by atoms with Crippen LogP contribution in [0, 0.1) is 11.8 Å². The summed E-state index contributed by atoms with van der Waals surface area (Å²) in [7, 11) is 1.77. The van der Waals surface area contributed by atoms with Crippen molar-refractivity contribution in [3.8, 4) is 5.75 Å². The molecule has 0 heterocycles. The van der Waals surface area contributed by atoms with Crippen molar-refractivity contribution < 1.29 is 4.74 Å². The zero-order valence-corrected chi connectivity index (χ0v) is 13.9. The molecule has 0 amide bonds. The van der Waals surface area contributed by atoms with Gasteiger partial charge in [0.1, 0.15) is 5.75 Å². The van der Waals surface area contributed by atoms with Gasteiger partial charge in [-0.3, -0.25) is 0 Å². The van der Waals surface area contributed by atoms with Crippen LogP contribution in [0.3, 0.4) is 0 Å². The highest BCUT2D eigenvalue weighted by molar-refractivity contribution is 5.34. The fraction of sp³-hybridized carbons (Fsp3) is 0.684. The minimum absolute atomic E-state index is 0.587. The molecule has 3 atom stereocenters. The zero-order chi connectivity index (χ0) is 15.1. The summed E-state index contributed by atoms with van der Waals surface area (Å²) in [6.45, 7) is 5.77. The van der Waals surface area contributed by atoms with Crippen molar-refractivity contribution >= 4 is 0 Å². The van der Waals surface area contributed by atoms with Gasteiger partial charge in [-0.05, 0) is 55.7 Å². The molecule has 0 radical (unpaired) electrons. The Morgan fingerprint density at radius 3 is 2.81 bits per heavy atom. The highest BCUT2D eigenvalue weighted by atomic mass is 16.5. The predicted molar refractivity (Wildman–Crippen MR) is 89.9 cm³/mol. The van der Waals surface area contributed by atoms with Gasteiger partial charge >= 0.3 is 0 Å². The largest absolute Gasteiger partial charge is 0.496 e. The molecule has 1 aliphatic carbocycles. The van der Waals surface area contributed by atoms with Crippen LogP contribution in [0.4, 0.5) is 0 Å². The molecule has 1 aromatic rings. The summed E-state index contributed by atoms with van der Waals surface area (Å²) in [5.41, 5.74) is 1.34. The quantitative estimate of drug-likeness (QED) is 0.801. The molecule has 1 saturated carbocycles. The molecule has 1 fully saturated rings. The van der Waals surface area contributed by atoms with E-state index in [0.717, 1.165) is 30.6 Å². The van der Waals surface area contributed by atoms with Crippen molar-refractivity contribution in [1.29, 1.82) is 0 Å². The fourth-order valence-electron chi connectivity index (χ4n) is 3.69. The van der Waals surface area contributed by atoms with E-state index in [9.17, 15) is 0 Å². The van der Waals surface area contributed by atoms with Crippen LogP contribution in [0.25, 0.3) is 0 Å². The minimum Gasteiger partial charge on any atom is -0.496 e. The van der Waals surface area contributed by atoms with Gasteiger partial charge in [-0.15, -0.1) is 0 Å². The fourth-order valence-corrected chi connectivity index (χ4v) is 3.69. The minimum atomic E-state index is 0.587. The molecule has 0 aliphatic heterocycles. The molecule has 2 nitrogen and oxygen atoms in total. The lowest BCUT2D eigenvalue weighted by Crippen LogP contribution is -2.40. The van der Waals surface area contributed by atoms with Gasteiger partial charge in [-0.1, -0.05) is 44.9 Å². The van der Waals surface area contributed by atoms with E-state index in [2.05, 4.69) is 43.4 Å².